The maximum absolute atomic E-state index is 6.05. The number of ether oxygens (including phenoxy) is 3. The number of guanidine groups is 1. The predicted molar refractivity (Wildman–Crippen MR) is 110 cm³/mol. The summed E-state index contributed by atoms with van der Waals surface area (Å²) in [7, 11) is 0. The van der Waals surface area contributed by atoms with E-state index in [1.54, 1.807) is 0 Å². The first kappa shape index (κ1) is 20.4. The zero-order valence-electron chi connectivity index (χ0n) is 14.9. The van der Waals surface area contributed by atoms with Crippen molar-refractivity contribution in [2.45, 2.75) is 44.5 Å². The van der Waals surface area contributed by atoms with Crippen LogP contribution in [-0.4, -0.2) is 44.2 Å². The number of benzene rings is 1. The third-order valence-corrected chi connectivity index (χ3v) is 4.46. The van der Waals surface area contributed by atoms with Gasteiger partial charge in [0.05, 0.1) is 26.4 Å². The van der Waals surface area contributed by atoms with Crippen molar-refractivity contribution in [3.63, 3.8) is 0 Å². The van der Waals surface area contributed by atoms with Gasteiger partial charge >= 0.3 is 0 Å². The van der Waals surface area contributed by atoms with Gasteiger partial charge in [0.1, 0.15) is 6.10 Å². The maximum Gasteiger partial charge on any atom is 0.193 e. The van der Waals surface area contributed by atoms with E-state index in [1.807, 2.05) is 12.1 Å². The molecule has 1 aromatic carbocycles. The van der Waals surface area contributed by atoms with Crippen LogP contribution in [0.25, 0.3) is 0 Å². The van der Waals surface area contributed by atoms with Crippen molar-refractivity contribution in [1.82, 2.24) is 0 Å². The summed E-state index contributed by atoms with van der Waals surface area (Å²) in [5.41, 5.74) is 8.22. The van der Waals surface area contributed by atoms with Gasteiger partial charge in [-0.25, -0.2) is 0 Å². The molecule has 3 rings (SSSR count). The number of aliphatic imine (C=N–C) groups is 1. The van der Waals surface area contributed by atoms with Gasteiger partial charge in [-0.2, -0.15) is 0 Å². The van der Waals surface area contributed by atoms with E-state index in [1.165, 1.54) is 5.56 Å². The number of nitrogens with zero attached hydrogens (tertiary/aromatic N) is 1. The topological polar surface area (TPSA) is 78.1 Å². The molecule has 2 saturated heterocycles. The lowest BCUT2D eigenvalue weighted by Crippen LogP contribution is -2.38. The smallest absolute Gasteiger partial charge is 0.193 e. The third kappa shape index (κ3) is 5.54. The number of hydrogen-bond donors (Lipinski definition) is 2. The lowest BCUT2D eigenvalue weighted by molar-refractivity contribution is -0.210. The Morgan fingerprint density at radius 2 is 2.12 bits per heavy atom. The number of anilines is 1. The minimum Gasteiger partial charge on any atom is -0.381 e. The van der Waals surface area contributed by atoms with Crippen molar-refractivity contribution >= 4 is 35.6 Å². The summed E-state index contributed by atoms with van der Waals surface area (Å²) in [6.07, 6.45) is 1.51. The molecule has 25 heavy (non-hydrogen) atoms. The Labute approximate surface area is 166 Å². The van der Waals surface area contributed by atoms with Gasteiger partial charge in [-0.15, -0.1) is 24.0 Å². The van der Waals surface area contributed by atoms with Gasteiger partial charge in [-0.1, -0.05) is 26.0 Å². The molecule has 0 radical (unpaired) electrons. The highest BCUT2D eigenvalue weighted by atomic mass is 127. The average Bonchev–Trinajstić information content (AvgIpc) is 2.96. The second-order valence-corrected chi connectivity index (χ2v) is 6.71. The van der Waals surface area contributed by atoms with Crippen LogP contribution in [0.1, 0.15) is 38.2 Å². The fraction of sp³-hybridized carbons (Fsp3) is 0.611. The van der Waals surface area contributed by atoms with Gasteiger partial charge in [-0.05, 0) is 23.6 Å². The molecular formula is C18H28IN3O3. The highest BCUT2D eigenvalue weighted by Gasteiger charge is 2.42. The Morgan fingerprint density at radius 3 is 2.84 bits per heavy atom. The summed E-state index contributed by atoms with van der Waals surface area (Å²) in [6, 6.07) is 8.22. The molecule has 2 fully saturated rings. The van der Waals surface area contributed by atoms with Crippen LogP contribution in [0, 0.1) is 0 Å². The molecule has 6 nitrogen and oxygen atoms in total. The van der Waals surface area contributed by atoms with Crippen molar-refractivity contribution in [2.24, 2.45) is 10.7 Å². The van der Waals surface area contributed by atoms with Crippen LogP contribution in [0.3, 0.4) is 0 Å². The number of rotatable bonds is 4. The summed E-state index contributed by atoms with van der Waals surface area (Å²) in [6.45, 7) is 6.75. The molecule has 3 N–H and O–H groups in total. The van der Waals surface area contributed by atoms with Crippen molar-refractivity contribution in [1.29, 1.82) is 0 Å². The maximum atomic E-state index is 6.05. The van der Waals surface area contributed by atoms with Crippen LogP contribution < -0.4 is 11.1 Å². The fourth-order valence-electron chi connectivity index (χ4n) is 3.01. The van der Waals surface area contributed by atoms with Crippen molar-refractivity contribution in [3.8, 4) is 0 Å². The zero-order chi connectivity index (χ0) is 17.0. The lowest BCUT2D eigenvalue weighted by atomic mass is 10.0. The first-order chi connectivity index (χ1) is 11.6. The van der Waals surface area contributed by atoms with E-state index >= 15 is 0 Å². The quantitative estimate of drug-likeness (QED) is 0.410. The number of hydrogen-bond acceptors (Lipinski definition) is 4. The third-order valence-electron chi connectivity index (χ3n) is 4.46. The molecule has 1 unspecified atom stereocenters. The van der Waals surface area contributed by atoms with Gasteiger partial charge in [-0.3, -0.25) is 4.99 Å². The van der Waals surface area contributed by atoms with Crippen molar-refractivity contribution in [3.05, 3.63) is 29.8 Å². The molecule has 2 heterocycles. The van der Waals surface area contributed by atoms with Gasteiger partial charge in [0, 0.05) is 18.5 Å². The van der Waals surface area contributed by atoms with Gasteiger partial charge in [0.2, 0.25) is 0 Å². The summed E-state index contributed by atoms with van der Waals surface area (Å²) >= 11 is 0. The second kappa shape index (κ2) is 9.16. The van der Waals surface area contributed by atoms with E-state index in [2.05, 4.69) is 36.3 Å². The highest BCUT2D eigenvalue weighted by molar-refractivity contribution is 14.0. The molecule has 2 aliphatic rings. The van der Waals surface area contributed by atoms with E-state index in [0.29, 0.717) is 38.2 Å². The molecule has 1 atom stereocenters. The van der Waals surface area contributed by atoms with E-state index in [0.717, 1.165) is 18.5 Å². The van der Waals surface area contributed by atoms with Crippen LogP contribution in [0.4, 0.5) is 5.69 Å². The fourth-order valence-corrected chi connectivity index (χ4v) is 3.01. The first-order valence-corrected chi connectivity index (χ1v) is 8.63. The summed E-state index contributed by atoms with van der Waals surface area (Å²) in [5.74, 6) is 0.406. The molecule has 0 aromatic heterocycles. The molecule has 0 aliphatic carbocycles. The Hall–Kier alpha value is -0.900. The molecule has 0 saturated carbocycles. The normalized spacial score (nSPS) is 22.8. The molecular weight excluding hydrogens is 433 g/mol. The van der Waals surface area contributed by atoms with Gasteiger partial charge in [0.25, 0.3) is 0 Å². The van der Waals surface area contributed by atoms with Gasteiger partial charge < -0.3 is 25.3 Å². The van der Waals surface area contributed by atoms with Crippen molar-refractivity contribution in [2.75, 3.05) is 31.7 Å². The molecule has 0 amide bonds. The standard InChI is InChI=1S/C18H27N3O3.HI/c1-13(2)14-4-3-5-15(10-14)21-17(19)20-11-16-12-23-18(24-16)6-8-22-9-7-18;/h3-5,10,13,16H,6-9,11-12H2,1-2H3,(H3,19,20,21);1H. The Morgan fingerprint density at radius 1 is 1.36 bits per heavy atom. The van der Waals surface area contributed by atoms with E-state index in [4.69, 9.17) is 19.9 Å². The number of nitrogens with one attached hydrogen (secondary N) is 1. The minimum absolute atomic E-state index is 0. The van der Waals surface area contributed by atoms with Crippen LogP contribution in [0.2, 0.25) is 0 Å². The Kier molecular flexibility index (Phi) is 7.48. The summed E-state index contributed by atoms with van der Waals surface area (Å²) in [4.78, 5) is 4.40. The highest BCUT2D eigenvalue weighted by Crippen LogP contribution is 2.33. The summed E-state index contributed by atoms with van der Waals surface area (Å²) < 4.78 is 17.3. The van der Waals surface area contributed by atoms with Crippen molar-refractivity contribution < 1.29 is 14.2 Å². The number of nitrogens with two attached hydrogens (primary N) is 1. The zero-order valence-corrected chi connectivity index (χ0v) is 17.2. The van der Waals surface area contributed by atoms with E-state index < -0.39 is 5.79 Å². The van der Waals surface area contributed by atoms with Gasteiger partial charge in [0.15, 0.2) is 11.7 Å². The molecule has 7 heteroatoms. The lowest BCUT2D eigenvalue weighted by Gasteiger charge is -2.31. The number of halogens is 1. The molecule has 140 valence electrons. The second-order valence-electron chi connectivity index (χ2n) is 6.71. The first-order valence-electron chi connectivity index (χ1n) is 8.63. The molecule has 0 bridgehead atoms. The molecule has 1 spiro atoms. The van der Waals surface area contributed by atoms with E-state index in [9.17, 15) is 0 Å². The predicted octanol–water partition coefficient (Wildman–Crippen LogP) is 3.08. The van der Waals surface area contributed by atoms with E-state index in [-0.39, 0.29) is 30.1 Å². The monoisotopic (exact) mass is 461 g/mol. The average molecular weight is 461 g/mol. The molecule has 1 aromatic rings. The summed E-state index contributed by atoms with van der Waals surface area (Å²) in [5, 5.41) is 3.14. The van der Waals surface area contributed by atoms with Crippen LogP contribution in [0.5, 0.6) is 0 Å². The molecule has 2 aliphatic heterocycles. The van der Waals surface area contributed by atoms with Crippen LogP contribution >= 0.6 is 24.0 Å². The Bertz CT molecular complexity index is 589. The van der Waals surface area contributed by atoms with Crippen LogP contribution in [-0.2, 0) is 14.2 Å². The SMILES string of the molecule is CC(C)c1cccc(NC(N)=NCC2COC3(CCOCC3)O2)c1.I. The Balaban J connectivity index is 0.00000225. The minimum atomic E-state index is -0.466. The largest absolute Gasteiger partial charge is 0.381 e. The van der Waals surface area contributed by atoms with Crippen LogP contribution in [0.15, 0.2) is 29.3 Å².